The molecule has 1 saturated carbocycles. The summed E-state index contributed by atoms with van der Waals surface area (Å²) in [6, 6.07) is 11.1. The first kappa shape index (κ1) is 12.6. The van der Waals surface area contributed by atoms with Crippen LogP contribution in [0.25, 0.3) is 0 Å². The lowest BCUT2D eigenvalue weighted by atomic mass is 10.1. The van der Waals surface area contributed by atoms with Gasteiger partial charge >= 0.3 is 0 Å². The predicted octanol–water partition coefficient (Wildman–Crippen LogP) is 1.36. The van der Waals surface area contributed by atoms with Gasteiger partial charge in [-0.2, -0.15) is 0 Å². The van der Waals surface area contributed by atoms with Crippen LogP contribution < -0.4 is 5.73 Å². The lowest BCUT2D eigenvalue weighted by Gasteiger charge is -2.31. The van der Waals surface area contributed by atoms with Gasteiger partial charge < -0.3 is 10.8 Å². The molecule has 0 amide bonds. The van der Waals surface area contributed by atoms with Crippen molar-refractivity contribution in [1.29, 1.82) is 0 Å². The number of rotatable bonds is 5. The smallest absolute Gasteiger partial charge is 0.0558 e. The molecule has 2 rings (SSSR count). The van der Waals surface area contributed by atoms with Crippen molar-refractivity contribution in [3.8, 4) is 0 Å². The minimum Gasteiger partial charge on any atom is -0.395 e. The molecule has 94 valence electrons. The molecule has 1 aromatic carbocycles. The summed E-state index contributed by atoms with van der Waals surface area (Å²) in [5.74, 6) is 0. The standard InChI is InChI=1S/C14H22N2O/c15-13-7-4-8-14(13)16(9-10-17)11-12-5-2-1-3-6-12/h1-3,5-6,13-14,17H,4,7-11,15H2. The summed E-state index contributed by atoms with van der Waals surface area (Å²) in [6.07, 6.45) is 3.48. The molecule has 0 radical (unpaired) electrons. The minimum atomic E-state index is 0.204. The van der Waals surface area contributed by atoms with Crippen LogP contribution >= 0.6 is 0 Å². The molecule has 0 spiro atoms. The molecule has 1 fully saturated rings. The van der Waals surface area contributed by atoms with E-state index in [0.717, 1.165) is 19.4 Å². The average Bonchev–Trinajstić information content (AvgIpc) is 2.76. The van der Waals surface area contributed by atoms with Gasteiger partial charge in [0.2, 0.25) is 0 Å². The van der Waals surface area contributed by atoms with Crippen molar-refractivity contribution >= 4 is 0 Å². The SMILES string of the molecule is NC1CCCC1N(CCO)Cc1ccccc1. The van der Waals surface area contributed by atoms with E-state index in [1.165, 1.54) is 12.0 Å². The number of hydrogen-bond donors (Lipinski definition) is 2. The molecule has 0 aromatic heterocycles. The Morgan fingerprint density at radius 1 is 1.24 bits per heavy atom. The third kappa shape index (κ3) is 3.28. The predicted molar refractivity (Wildman–Crippen MR) is 69.6 cm³/mol. The van der Waals surface area contributed by atoms with E-state index in [1.807, 2.05) is 6.07 Å². The Morgan fingerprint density at radius 3 is 2.59 bits per heavy atom. The lowest BCUT2D eigenvalue weighted by molar-refractivity contribution is 0.136. The number of aliphatic hydroxyl groups excluding tert-OH is 1. The highest BCUT2D eigenvalue weighted by atomic mass is 16.3. The van der Waals surface area contributed by atoms with Crippen molar-refractivity contribution in [2.75, 3.05) is 13.2 Å². The molecule has 1 aromatic rings. The Balaban J connectivity index is 2.02. The third-order valence-electron chi connectivity index (χ3n) is 3.62. The number of aliphatic hydroxyl groups is 1. The van der Waals surface area contributed by atoms with Gasteiger partial charge in [0, 0.05) is 25.2 Å². The normalized spacial score (nSPS) is 24.4. The molecule has 3 heteroatoms. The summed E-state index contributed by atoms with van der Waals surface area (Å²) in [4.78, 5) is 2.33. The van der Waals surface area contributed by atoms with Gasteiger partial charge in [-0.1, -0.05) is 36.8 Å². The summed E-state index contributed by atoms with van der Waals surface area (Å²) < 4.78 is 0. The first-order valence-electron chi connectivity index (χ1n) is 6.45. The van der Waals surface area contributed by atoms with Gasteiger partial charge in [0.25, 0.3) is 0 Å². The molecule has 2 unspecified atom stereocenters. The Kier molecular flexibility index (Phi) is 4.54. The van der Waals surface area contributed by atoms with Crippen LogP contribution in [0.2, 0.25) is 0 Å². The fourth-order valence-corrected chi connectivity index (χ4v) is 2.73. The van der Waals surface area contributed by atoms with E-state index in [0.29, 0.717) is 12.6 Å². The van der Waals surface area contributed by atoms with Crippen molar-refractivity contribution in [2.45, 2.75) is 37.9 Å². The summed E-state index contributed by atoms with van der Waals surface area (Å²) in [6.45, 7) is 1.81. The van der Waals surface area contributed by atoms with Crippen molar-refractivity contribution in [3.63, 3.8) is 0 Å². The largest absolute Gasteiger partial charge is 0.395 e. The average molecular weight is 234 g/mol. The zero-order chi connectivity index (χ0) is 12.1. The summed E-state index contributed by atoms with van der Waals surface area (Å²) in [5, 5.41) is 9.18. The molecule has 3 N–H and O–H groups in total. The molecule has 1 aliphatic rings. The first-order chi connectivity index (χ1) is 8.31. The lowest BCUT2D eigenvalue weighted by Crippen LogP contribution is -2.45. The molecular formula is C14H22N2O. The molecule has 0 saturated heterocycles. The maximum absolute atomic E-state index is 9.18. The highest BCUT2D eigenvalue weighted by molar-refractivity contribution is 5.14. The van der Waals surface area contributed by atoms with Crippen LogP contribution in [-0.4, -0.2) is 35.2 Å². The summed E-state index contributed by atoms with van der Waals surface area (Å²) >= 11 is 0. The Morgan fingerprint density at radius 2 is 2.00 bits per heavy atom. The Hall–Kier alpha value is -0.900. The van der Waals surface area contributed by atoms with Crippen LogP contribution in [0.15, 0.2) is 30.3 Å². The van der Waals surface area contributed by atoms with Crippen LogP contribution in [0.5, 0.6) is 0 Å². The fourth-order valence-electron chi connectivity index (χ4n) is 2.73. The highest BCUT2D eigenvalue weighted by Crippen LogP contribution is 2.24. The van der Waals surface area contributed by atoms with E-state index in [9.17, 15) is 5.11 Å². The van der Waals surface area contributed by atoms with Crippen molar-refractivity contribution in [2.24, 2.45) is 5.73 Å². The van der Waals surface area contributed by atoms with Crippen molar-refractivity contribution in [3.05, 3.63) is 35.9 Å². The fraction of sp³-hybridized carbons (Fsp3) is 0.571. The van der Waals surface area contributed by atoms with Gasteiger partial charge in [0.1, 0.15) is 0 Å². The Bertz CT molecular complexity index is 328. The first-order valence-corrected chi connectivity index (χ1v) is 6.45. The van der Waals surface area contributed by atoms with Gasteiger partial charge in [-0.15, -0.1) is 0 Å². The zero-order valence-corrected chi connectivity index (χ0v) is 10.3. The third-order valence-corrected chi connectivity index (χ3v) is 3.62. The zero-order valence-electron chi connectivity index (χ0n) is 10.3. The number of hydrogen-bond acceptors (Lipinski definition) is 3. The van der Waals surface area contributed by atoms with E-state index in [-0.39, 0.29) is 12.6 Å². The molecule has 0 heterocycles. The van der Waals surface area contributed by atoms with Crippen LogP contribution in [-0.2, 0) is 6.54 Å². The van der Waals surface area contributed by atoms with Crippen molar-refractivity contribution < 1.29 is 5.11 Å². The van der Waals surface area contributed by atoms with Gasteiger partial charge in [-0.3, -0.25) is 4.90 Å². The van der Waals surface area contributed by atoms with Gasteiger partial charge in [-0.25, -0.2) is 0 Å². The topological polar surface area (TPSA) is 49.5 Å². The van der Waals surface area contributed by atoms with E-state index in [2.05, 4.69) is 29.2 Å². The quantitative estimate of drug-likeness (QED) is 0.809. The minimum absolute atomic E-state index is 0.204. The molecule has 17 heavy (non-hydrogen) atoms. The van der Waals surface area contributed by atoms with Crippen molar-refractivity contribution in [1.82, 2.24) is 4.90 Å². The maximum Gasteiger partial charge on any atom is 0.0558 e. The van der Waals surface area contributed by atoms with Crippen LogP contribution in [0, 0.1) is 0 Å². The second-order valence-electron chi connectivity index (χ2n) is 4.84. The van der Waals surface area contributed by atoms with Gasteiger partial charge in [0.15, 0.2) is 0 Å². The van der Waals surface area contributed by atoms with E-state index in [4.69, 9.17) is 5.73 Å². The molecule has 3 nitrogen and oxygen atoms in total. The van der Waals surface area contributed by atoms with Crippen LogP contribution in [0.1, 0.15) is 24.8 Å². The molecule has 0 bridgehead atoms. The molecular weight excluding hydrogens is 212 g/mol. The van der Waals surface area contributed by atoms with E-state index < -0.39 is 0 Å². The van der Waals surface area contributed by atoms with E-state index in [1.54, 1.807) is 0 Å². The maximum atomic E-state index is 9.18. The second kappa shape index (κ2) is 6.15. The highest BCUT2D eigenvalue weighted by Gasteiger charge is 2.29. The van der Waals surface area contributed by atoms with Gasteiger partial charge in [0.05, 0.1) is 6.61 Å². The molecule has 2 atom stereocenters. The number of nitrogens with zero attached hydrogens (tertiary/aromatic N) is 1. The summed E-state index contributed by atoms with van der Waals surface area (Å²) in [5.41, 5.74) is 7.43. The Labute approximate surface area is 103 Å². The van der Waals surface area contributed by atoms with Crippen LogP contribution in [0.4, 0.5) is 0 Å². The van der Waals surface area contributed by atoms with Gasteiger partial charge in [-0.05, 0) is 18.4 Å². The second-order valence-corrected chi connectivity index (χ2v) is 4.84. The molecule has 1 aliphatic carbocycles. The van der Waals surface area contributed by atoms with E-state index >= 15 is 0 Å². The number of nitrogens with two attached hydrogens (primary N) is 1. The summed E-state index contributed by atoms with van der Waals surface area (Å²) in [7, 11) is 0. The molecule has 0 aliphatic heterocycles. The number of benzene rings is 1. The van der Waals surface area contributed by atoms with Crippen LogP contribution in [0.3, 0.4) is 0 Å². The monoisotopic (exact) mass is 234 g/mol.